The summed E-state index contributed by atoms with van der Waals surface area (Å²) >= 11 is 0. The van der Waals surface area contributed by atoms with Crippen LogP contribution < -0.4 is 10.6 Å². The average molecular weight is 427 g/mol. The van der Waals surface area contributed by atoms with Gasteiger partial charge in [0.05, 0.1) is 0 Å². The summed E-state index contributed by atoms with van der Waals surface area (Å²) < 4.78 is 1.90. The molecule has 3 heterocycles. The van der Waals surface area contributed by atoms with Crippen molar-refractivity contribution in [2.45, 2.75) is 19.9 Å². The lowest BCUT2D eigenvalue weighted by Gasteiger charge is -2.11. The highest BCUT2D eigenvalue weighted by Crippen LogP contribution is 2.20. The van der Waals surface area contributed by atoms with Gasteiger partial charge < -0.3 is 15.2 Å². The number of anilines is 2. The van der Waals surface area contributed by atoms with Crippen LogP contribution in [-0.2, 0) is 0 Å². The van der Waals surface area contributed by atoms with E-state index in [0.29, 0.717) is 28.6 Å². The van der Waals surface area contributed by atoms with E-state index in [2.05, 4.69) is 30.8 Å². The molecule has 9 nitrogen and oxygen atoms in total. The number of hydrogen-bond acceptors (Lipinski definition) is 6. The van der Waals surface area contributed by atoms with Crippen LogP contribution in [0.25, 0.3) is 11.5 Å². The second-order valence-corrected chi connectivity index (χ2v) is 7.27. The maximum absolute atomic E-state index is 12.8. The monoisotopic (exact) mass is 427 g/mol. The number of carbonyl (C=O) groups is 2. The number of carbonyl (C=O) groups excluding carboxylic acids is 2. The van der Waals surface area contributed by atoms with Gasteiger partial charge in [-0.2, -0.15) is 0 Å². The number of hydrogen-bond donors (Lipinski definition) is 2. The second kappa shape index (κ2) is 9.17. The van der Waals surface area contributed by atoms with Gasteiger partial charge in [-0.1, -0.05) is 18.2 Å². The van der Waals surface area contributed by atoms with Gasteiger partial charge in [-0.05, 0) is 56.3 Å². The molecule has 4 aromatic rings. The molecule has 0 spiro atoms. The Labute approximate surface area is 184 Å². The molecule has 0 unspecified atom stereocenters. The van der Waals surface area contributed by atoms with E-state index in [1.165, 1.54) is 0 Å². The predicted molar refractivity (Wildman–Crippen MR) is 120 cm³/mol. The fourth-order valence-electron chi connectivity index (χ4n) is 3.05. The molecule has 0 fully saturated rings. The van der Waals surface area contributed by atoms with Crippen molar-refractivity contribution in [2.24, 2.45) is 0 Å². The number of pyridine rings is 2. The molecule has 0 saturated heterocycles. The van der Waals surface area contributed by atoms with Crippen molar-refractivity contribution in [3.63, 3.8) is 0 Å². The normalized spacial score (nSPS) is 10.7. The molecule has 2 amide bonds. The summed E-state index contributed by atoms with van der Waals surface area (Å²) in [6.45, 7) is 4.05. The zero-order chi connectivity index (χ0) is 22.5. The minimum atomic E-state index is -0.355. The first-order valence-electron chi connectivity index (χ1n) is 10.0. The third-order valence-electron chi connectivity index (χ3n) is 4.63. The molecular formula is C23H21N7O2. The fraction of sp³-hybridized carbons (Fsp3) is 0.130. The van der Waals surface area contributed by atoms with Crippen molar-refractivity contribution in [3.05, 3.63) is 84.4 Å². The lowest BCUT2D eigenvalue weighted by atomic mass is 10.2. The van der Waals surface area contributed by atoms with Crippen molar-refractivity contribution in [3.8, 4) is 11.5 Å². The Bertz CT molecular complexity index is 1250. The minimum Gasteiger partial charge on any atom is -0.321 e. The van der Waals surface area contributed by atoms with Crippen molar-refractivity contribution in [2.75, 3.05) is 10.6 Å². The second-order valence-electron chi connectivity index (χ2n) is 7.27. The van der Waals surface area contributed by atoms with E-state index >= 15 is 0 Å². The highest BCUT2D eigenvalue weighted by atomic mass is 16.2. The van der Waals surface area contributed by atoms with Crippen molar-refractivity contribution in [1.29, 1.82) is 0 Å². The molecule has 0 saturated carbocycles. The summed E-state index contributed by atoms with van der Waals surface area (Å²) in [6, 6.07) is 17.2. The standard InChI is InChI=1S/C23H21N7O2/c1-15(2)30-14-25-29-21(30)18-10-6-11-20(27-18)28-22(31)16-7-5-8-17(13-16)26-23(32)19-9-3-4-12-24-19/h3-15H,1-2H3,(H,26,32)(H,27,28,31). The first kappa shape index (κ1) is 20.9. The van der Waals surface area contributed by atoms with E-state index in [-0.39, 0.29) is 23.6 Å². The molecular weight excluding hydrogens is 406 g/mol. The Hall–Kier alpha value is -4.40. The van der Waals surface area contributed by atoms with Crippen molar-refractivity contribution >= 4 is 23.3 Å². The number of nitrogens with zero attached hydrogens (tertiary/aromatic N) is 5. The van der Waals surface area contributed by atoms with Gasteiger partial charge in [0.2, 0.25) is 0 Å². The summed E-state index contributed by atoms with van der Waals surface area (Å²) in [5.41, 5.74) is 1.75. The van der Waals surface area contributed by atoms with E-state index in [4.69, 9.17) is 0 Å². The van der Waals surface area contributed by atoms with Crippen molar-refractivity contribution < 1.29 is 9.59 Å². The van der Waals surface area contributed by atoms with Crippen LogP contribution in [0.5, 0.6) is 0 Å². The molecule has 9 heteroatoms. The SMILES string of the molecule is CC(C)n1cnnc1-c1cccc(NC(=O)c2cccc(NC(=O)c3ccccn3)c2)n1. The van der Waals surface area contributed by atoms with Crippen molar-refractivity contribution in [1.82, 2.24) is 24.7 Å². The number of aromatic nitrogens is 5. The topological polar surface area (TPSA) is 115 Å². The Morgan fingerprint density at radius 3 is 2.56 bits per heavy atom. The van der Waals surface area contributed by atoms with Gasteiger partial charge in [0.1, 0.15) is 23.5 Å². The number of nitrogens with one attached hydrogen (secondary N) is 2. The summed E-state index contributed by atoms with van der Waals surface area (Å²) in [7, 11) is 0. The van der Waals surface area contributed by atoms with Crippen LogP contribution >= 0.6 is 0 Å². The lowest BCUT2D eigenvalue weighted by Crippen LogP contribution is -2.16. The Morgan fingerprint density at radius 2 is 1.78 bits per heavy atom. The minimum absolute atomic E-state index is 0.170. The molecule has 0 aliphatic rings. The molecule has 0 radical (unpaired) electrons. The molecule has 3 aromatic heterocycles. The first-order chi connectivity index (χ1) is 15.5. The van der Waals surface area contributed by atoms with E-state index in [0.717, 1.165) is 0 Å². The van der Waals surface area contributed by atoms with E-state index < -0.39 is 0 Å². The highest BCUT2D eigenvalue weighted by molar-refractivity contribution is 6.06. The smallest absolute Gasteiger partial charge is 0.274 e. The van der Waals surface area contributed by atoms with Crippen LogP contribution in [0.4, 0.5) is 11.5 Å². The third kappa shape index (κ3) is 4.67. The summed E-state index contributed by atoms with van der Waals surface area (Å²) in [6.07, 6.45) is 3.20. The Kier molecular flexibility index (Phi) is 5.98. The molecule has 160 valence electrons. The quantitative estimate of drug-likeness (QED) is 0.483. The van der Waals surface area contributed by atoms with Crippen LogP contribution in [0, 0.1) is 0 Å². The maximum atomic E-state index is 12.8. The van der Waals surface area contributed by atoms with E-state index in [9.17, 15) is 9.59 Å². The zero-order valence-electron chi connectivity index (χ0n) is 17.6. The number of benzene rings is 1. The molecule has 0 atom stereocenters. The molecule has 0 bridgehead atoms. The van der Waals surface area contributed by atoms with Gasteiger partial charge in [0, 0.05) is 23.5 Å². The van der Waals surface area contributed by atoms with Gasteiger partial charge in [0.25, 0.3) is 11.8 Å². The first-order valence-corrected chi connectivity index (χ1v) is 10.0. The Balaban J connectivity index is 1.49. The van der Waals surface area contributed by atoms with Gasteiger partial charge in [-0.15, -0.1) is 10.2 Å². The molecule has 4 rings (SSSR count). The summed E-state index contributed by atoms with van der Waals surface area (Å²) in [5.74, 6) is 0.296. The van der Waals surface area contributed by atoms with Gasteiger partial charge in [-0.25, -0.2) is 4.98 Å². The van der Waals surface area contributed by atoms with Crippen LogP contribution in [0.3, 0.4) is 0 Å². The molecule has 0 aliphatic carbocycles. The fourth-order valence-corrected chi connectivity index (χ4v) is 3.05. The van der Waals surface area contributed by atoms with Gasteiger partial charge >= 0.3 is 0 Å². The number of rotatable bonds is 6. The third-order valence-corrected chi connectivity index (χ3v) is 4.63. The van der Waals surface area contributed by atoms with Crippen LogP contribution in [0.15, 0.2) is 73.2 Å². The van der Waals surface area contributed by atoms with E-state index in [1.807, 2.05) is 24.5 Å². The molecule has 0 aliphatic heterocycles. The molecule has 2 N–H and O–H groups in total. The van der Waals surface area contributed by atoms with Crippen LogP contribution in [-0.4, -0.2) is 36.5 Å². The number of amides is 2. The summed E-state index contributed by atoms with van der Waals surface area (Å²) in [4.78, 5) is 33.6. The molecule has 32 heavy (non-hydrogen) atoms. The predicted octanol–water partition coefficient (Wildman–Crippen LogP) is 3.82. The average Bonchev–Trinajstić information content (AvgIpc) is 3.30. The van der Waals surface area contributed by atoms with Crippen LogP contribution in [0.2, 0.25) is 0 Å². The Morgan fingerprint density at radius 1 is 0.938 bits per heavy atom. The zero-order valence-corrected chi connectivity index (χ0v) is 17.6. The highest BCUT2D eigenvalue weighted by Gasteiger charge is 2.14. The largest absolute Gasteiger partial charge is 0.321 e. The lowest BCUT2D eigenvalue weighted by molar-refractivity contribution is 0.101. The molecule has 1 aromatic carbocycles. The van der Waals surface area contributed by atoms with Crippen LogP contribution in [0.1, 0.15) is 40.7 Å². The summed E-state index contributed by atoms with van der Waals surface area (Å²) in [5, 5.41) is 13.6. The van der Waals surface area contributed by atoms with Gasteiger partial charge in [-0.3, -0.25) is 14.6 Å². The van der Waals surface area contributed by atoms with E-state index in [1.54, 1.807) is 67.1 Å². The maximum Gasteiger partial charge on any atom is 0.274 e. The van der Waals surface area contributed by atoms with Gasteiger partial charge in [0.15, 0.2) is 5.82 Å².